The number of rotatable bonds is 10. The van der Waals surface area contributed by atoms with Gasteiger partial charge in [0.05, 0.1) is 5.69 Å². The van der Waals surface area contributed by atoms with Crippen LogP contribution >= 0.6 is 11.6 Å². The summed E-state index contributed by atoms with van der Waals surface area (Å²) >= 11 is 6.00. The van der Waals surface area contributed by atoms with E-state index in [0.29, 0.717) is 10.9 Å². The van der Waals surface area contributed by atoms with Crippen molar-refractivity contribution in [3.05, 3.63) is 41.2 Å². The van der Waals surface area contributed by atoms with Gasteiger partial charge >= 0.3 is 0 Å². The van der Waals surface area contributed by atoms with Crippen molar-refractivity contribution in [1.82, 2.24) is 4.98 Å². The van der Waals surface area contributed by atoms with E-state index in [0.717, 1.165) is 17.7 Å². The van der Waals surface area contributed by atoms with Gasteiger partial charge in [0.1, 0.15) is 6.26 Å². The van der Waals surface area contributed by atoms with Gasteiger partial charge in [0.2, 0.25) is 5.89 Å². The zero-order valence-electron chi connectivity index (χ0n) is 13.5. The Morgan fingerprint density at radius 2 is 1.73 bits per heavy atom. The van der Waals surface area contributed by atoms with E-state index in [4.69, 9.17) is 16.0 Å². The van der Waals surface area contributed by atoms with Gasteiger partial charge in [-0.3, -0.25) is 0 Å². The highest BCUT2D eigenvalue weighted by atomic mass is 35.5. The molecule has 0 bridgehead atoms. The van der Waals surface area contributed by atoms with Crippen LogP contribution in [0.2, 0.25) is 5.02 Å². The summed E-state index contributed by atoms with van der Waals surface area (Å²) in [5.41, 5.74) is 1.98. The topological polar surface area (TPSA) is 26.0 Å². The fourth-order valence-corrected chi connectivity index (χ4v) is 2.81. The molecule has 0 unspecified atom stereocenters. The number of oxazole rings is 1. The number of hydrogen-bond acceptors (Lipinski definition) is 2. The summed E-state index contributed by atoms with van der Waals surface area (Å²) in [5, 5.41) is 0.709. The molecule has 0 N–H and O–H groups in total. The van der Waals surface area contributed by atoms with E-state index in [9.17, 15) is 0 Å². The summed E-state index contributed by atoms with van der Waals surface area (Å²) < 4.78 is 5.56. The van der Waals surface area contributed by atoms with Crippen molar-refractivity contribution in [2.24, 2.45) is 0 Å². The molecule has 0 aliphatic rings. The molecule has 2 nitrogen and oxygen atoms in total. The number of unbranched alkanes of at least 4 members (excludes halogenated alkanes) is 7. The molecule has 1 heterocycles. The smallest absolute Gasteiger partial charge is 0.226 e. The Morgan fingerprint density at radius 1 is 1.00 bits per heavy atom. The van der Waals surface area contributed by atoms with Crippen molar-refractivity contribution in [3.63, 3.8) is 0 Å². The second kappa shape index (κ2) is 9.68. The van der Waals surface area contributed by atoms with Gasteiger partial charge in [-0.15, -0.1) is 0 Å². The van der Waals surface area contributed by atoms with Crippen LogP contribution in [0.15, 0.2) is 34.9 Å². The van der Waals surface area contributed by atoms with Gasteiger partial charge in [-0.2, -0.15) is 0 Å². The summed E-state index contributed by atoms with van der Waals surface area (Å²) in [6.07, 6.45) is 13.4. The average Bonchev–Trinajstić information content (AvgIpc) is 2.99. The highest BCUT2D eigenvalue weighted by Crippen LogP contribution is 2.22. The fourth-order valence-electron chi connectivity index (χ4n) is 2.62. The van der Waals surface area contributed by atoms with Crippen molar-refractivity contribution in [3.8, 4) is 11.5 Å². The normalized spacial score (nSPS) is 11.0. The minimum absolute atomic E-state index is 0.664. The molecule has 3 heteroatoms. The highest BCUT2D eigenvalue weighted by molar-refractivity contribution is 6.30. The van der Waals surface area contributed by atoms with E-state index in [-0.39, 0.29) is 0 Å². The Labute approximate surface area is 138 Å². The Morgan fingerprint density at radius 3 is 2.45 bits per heavy atom. The second-order valence-electron chi connectivity index (χ2n) is 5.88. The standard InChI is InChI=1S/C19H26ClNO/c1-2-3-4-5-6-7-8-9-13-18-15-22-19(21-18)16-11-10-12-17(20)14-16/h10-12,14-15H,2-9,13H2,1H3. The van der Waals surface area contributed by atoms with Crippen LogP contribution in [0.25, 0.3) is 11.5 Å². The molecule has 120 valence electrons. The molecular weight excluding hydrogens is 294 g/mol. The predicted octanol–water partition coefficient (Wildman–Crippen LogP) is 6.68. The lowest BCUT2D eigenvalue weighted by atomic mass is 10.1. The van der Waals surface area contributed by atoms with Crippen LogP contribution < -0.4 is 0 Å². The number of nitrogens with zero attached hydrogens (tertiary/aromatic N) is 1. The van der Waals surface area contributed by atoms with Gasteiger partial charge < -0.3 is 4.42 Å². The third-order valence-corrected chi connectivity index (χ3v) is 4.14. The lowest BCUT2D eigenvalue weighted by Crippen LogP contribution is -1.87. The molecule has 0 fully saturated rings. The zero-order chi connectivity index (χ0) is 15.6. The van der Waals surface area contributed by atoms with Gasteiger partial charge in [0.15, 0.2) is 0 Å². The quantitative estimate of drug-likeness (QED) is 0.456. The van der Waals surface area contributed by atoms with E-state index in [1.54, 1.807) is 6.26 Å². The van der Waals surface area contributed by atoms with E-state index in [2.05, 4.69) is 11.9 Å². The molecule has 0 aliphatic heterocycles. The van der Waals surface area contributed by atoms with Crippen LogP contribution in [0.5, 0.6) is 0 Å². The third kappa shape index (κ3) is 5.84. The number of halogens is 1. The largest absolute Gasteiger partial charge is 0.444 e. The Kier molecular flexibility index (Phi) is 7.51. The van der Waals surface area contributed by atoms with E-state index < -0.39 is 0 Å². The summed E-state index contributed by atoms with van der Waals surface area (Å²) in [6.45, 7) is 2.26. The molecule has 2 aromatic rings. The maximum absolute atomic E-state index is 6.00. The maximum Gasteiger partial charge on any atom is 0.226 e. The molecule has 0 amide bonds. The molecule has 22 heavy (non-hydrogen) atoms. The van der Waals surface area contributed by atoms with E-state index >= 15 is 0 Å². The van der Waals surface area contributed by atoms with Gasteiger partial charge in [-0.05, 0) is 31.0 Å². The van der Waals surface area contributed by atoms with E-state index in [1.807, 2.05) is 24.3 Å². The number of hydrogen-bond donors (Lipinski definition) is 0. The van der Waals surface area contributed by atoms with E-state index in [1.165, 1.54) is 51.4 Å². The predicted molar refractivity (Wildman–Crippen MR) is 93.3 cm³/mol. The minimum Gasteiger partial charge on any atom is -0.444 e. The van der Waals surface area contributed by atoms with Crippen LogP contribution in [0.3, 0.4) is 0 Å². The lowest BCUT2D eigenvalue weighted by molar-refractivity contribution is 0.565. The van der Waals surface area contributed by atoms with Gasteiger partial charge in [-0.25, -0.2) is 4.98 Å². The monoisotopic (exact) mass is 319 g/mol. The van der Waals surface area contributed by atoms with Crippen molar-refractivity contribution >= 4 is 11.6 Å². The van der Waals surface area contributed by atoms with Gasteiger partial charge in [0.25, 0.3) is 0 Å². The SMILES string of the molecule is CCCCCCCCCCc1coc(-c2cccc(Cl)c2)n1. The van der Waals surface area contributed by atoms with Crippen LogP contribution in [-0.2, 0) is 6.42 Å². The van der Waals surface area contributed by atoms with Gasteiger partial charge in [-0.1, -0.05) is 69.5 Å². The molecule has 2 rings (SSSR count). The van der Waals surface area contributed by atoms with Crippen LogP contribution in [0.4, 0.5) is 0 Å². The van der Waals surface area contributed by atoms with Crippen LogP contribution in [0.1, 0.15) is 64.0 Å². The molecule has 0 saturated carbocycles. The summed E-state index contributed by atoms with van der Waals surface area (Å²) in [7, 11) is 0. The molecule has 0 aliphatic carbocycles. The van der Waals surface area contributed by atoms with Crippen molar-refractivity contribution in [1.29, 1.82) is 0 Å². The fraction of sp³-hybridized carbons (Fsp3) is 0.526. The first-order valence-electron chi connectivity index (χ1n) is 8.50. The minimum atomic E-state index is 0.664. The zero-order valence-corrected chi connectivity index (χ0v) is 14.2. The first-order valence-corrected chi connectivity index (χ1v) is 8.87. The molecular formula is C19H26ClNO. The van der Waals surface area contributed by atoms with Crippen molar-refractivity contribution < 1.29 is 4.42 Å². The van der Waals surface area contributed by atoms with Gasteiger partial charge in [0, 0.05) is 10.6 Å². The van der Waals surface area contributed by atoms with Crippen molar-refractivity contribution in [2.45, 2.75) is 64.7 Å². The summed E-state index contributed by atoms with van der Waals surface area (Å²) in [5.74, 6) is 0.664. The van der Waals surface area contributed by atoms with Crippen molar-refractivity contribution in [2.75, 3.05) is 0 Å². The number of aromatic nitrogens is 1. The maximum atomic E-state index is 6.00. The lowest BCUT2D eigenvalue weighted by Gasteiger charge is -2.00. The van der Waals surface area contributed by atoms with Crippen LogP contribution in [-0.4, -0.2) is 4.98 Å². The van der Waals surface area contributed by atoms with Crippen LogP contribution in [0, 0.1) is 0 Å². The molecule has 0 radical (unpaired) electrons. The molecule has 1 aromatic carbocycles. The molecule has 0 saturated heterocycles. The Hall–Kier alpha value is -1.28. The molecule has 0 spiro atoms. The third-order valence-electron chi connectivity index (χ3n) is 3.91. The second-order valence-corrected chi connectivity index (χ2v) is 6.32. The Bertz CT molecular complexity index is 550. The molecule has 1 aromatic heterocycles. The number of aryl methyl sites for hydroxylation is 1. The highest BCUT2D eigenvalue weighted by Gasteiger charge is 2.06. The average molecular weight is 320 g/mol. The Balaban J connectivity index is 1.67. The number of benzene rings is 1. The first kappa shape index (κ1) is 17.1. The molecule has 0 atom stereocenters. The first-order chi connectivity index (χ1) is 10.8. The summed E-state index contributed by atoms with van der Waals surface area (Å²) in [4.78, 5) is 4.55. The summed E-state index contributed by atoms with van der Waals surface area (Å²) in [6, 6.07) is 7.63.